The Morgan fingerprint density at radius 2 is 1.76 bits per heavy atom. The summed E-state index contributed by atoms with van der Waals surface area (Å²) in [6.45, 7) is 4.60. The standard InChI is InChI=1S/C17H19ClN2O/c1-12(2)14-8-4-6-10-16(14)20-17(21)19-11-13-7-3-5-9-15(13)18/h3-10,12H,11H2,1-2H3,(H2,19,20,21). The maximum Gasteiger partial charge on any atom is 0.319 e. The largest absolute Gasteiger partial charge is 0.334 e. The Labute approximate surface area is 130 Å². The summed E-state index contributed by atoms with van der Waals surface area (Å²) < 4.78 is 0. The molecule has 0 atom stereocenters. The van der Waals surface area contributed by atoms with Gasteiger partial charge >= 0.3 is 6.03 Å². The van der Waals surface area contributed by atoms with Gasteiger partial charge in [-0.1, -0.05) is 61.8 Å². The molecule has 2 amide bonds. The average Bonchev–Trinajstić information content (AvgIpc) is 2.47. The van der Waals surface area contributed by atoms with Crippen LogP contribution in [0.4, 0.5) is 10.5 Å². The number of hydrogen-bond acceptors (Lipinski definition) is 1. The van der Waals surface area contributed by atoms with Crippen LogP contribution in [-0.4, -0.2) is 6.03 Å². The van der Waals surface area contributed by atoms with Crippen molar-refractivity contribution in [2.45, 2.75) is 26.3 Å². The molecule has 0 saturated heterocycles. The smallest absolute Gasteiger partial charge is 0.319 e. The van der Waals surface area contributed by atoms with E-state index < -0.39 is 0 Å². The number of rotatable bonds is 4. The summed E-state index contributed by atoms with van der Waals surface area (Å²) in [5, 5.41) is 6.36. The molecule has 2 rings (SSSR count). The van der Waals surface area contributed by atoms with E-state index in [0.717, 1.165) is 16.8 Å². The van der Waals surface area contributed by atoms with Crippen molar-refractivity contribution in [3.8, 4) is 0 Å². The molecule has 0 bridgehead atoms. The van der Waals surface area contributed by atoms with E-state index >= 15 is 0 Å². The number of nitrogens with one attached hydrogen (secondary N) is 2. The van der Waals surface area contributed by atoms with E-state index in [2.05, 4.69) is 24.5 Å². The first-order valence-electron chi connectivity index (χ1n) is 6.95. The third-order valence-corrected chi connectivity index (χ3v) is 3.60. The van der Waals surface area contributed by atoms with E-state index in [9.17, 15) is 4.79 Å². The number of carbonyl (C=O) groups excluding carboxylic acids is 1. The third-order valence-electron chi connectivity index (χ3n) is 3.23. The fourth-order valence-corrected chi connectivity index (χ4v) is 2.30. The highest BCUT2D eigenvalue weighted by atomic mass is 35.5. The van der Waals surface area contributed by atoms with Crippen molar-refractivity contribution < 1.29 is 4.79 Å². The van der Waals surface area contributed by atoms with Crippen molar-refractivity contribution in [2.75, 3.05) is 5.32 Å². The Bertz CT molecular complexity index is 626. The minimum Gasteiger partial charge on any atom is -0.334 e. The molecule has 4 heteroatoms. The molecule has 0 saturated carbocycles. The second kappa shape index (κ2) is 7.14. The summed E-state index contributed by atoms with van der Waals surface area (Å²) in [5.41, 5.74) is 2.85. The number of anilines is 1. The molecule has 0 aliphatic heterocycles. The zero-order chi connectivity index (χ0) is 15.2. The molecule has 0 spiro atoms. The molecule has 0 aliphatic carbocycles. The topological polar surface area (TPSA) is 41.1 Å². The summed E-state index contributed by atoms with van der Waals surface area (Å²) in [6, 6.07) is 15.0. The number of urea groups is 1. The number of halogens is 1. The molecule has 2 N–H and O–H groups in total. The highest BCUT2D eigenvalue weighted by Crippen LogP contribution is 2.23. The van der Waals surface area contributed by atoms with E-state index in [0.29, 0.717) is 17.5 Å². The van der Waals surface area contributed by atoms with E-state index in [1.807, 2.05) is 48.5 Å². The van der Waals surface area contributed by atoms with Crippen molar-refractivity contribution in [3.05, 3.63) is 64.7 Å². The summed E-state index contributed by atoms with van der Waals surface area (Å²) in [6.07, 6.45) is 0. The second-order valence-corrected chi connectivity index (χ2v) is 5.55. The van der Waals surface area contributed by atoms with Crippen molar-refractivity contribution >= 4 is 23.3 Å². The quantitative estimate of drug-likeness (QED) is 0.838. The van der Waals surface area contributed by atoms with Crippen LogP contribution in [0, 0.1) is 0 Å². The summed E-state index contributed by atoms with van der Waals surface area (Å²) >= 11 is 6.06. The predicted molar refractivity (Wildman–Crippen MR) is 87.8 cm³/mol. The maximum atomic E-state index is 12.0. The second-order valence-electron chi connectivity index (χ2n) is 5.14. The minimum absolute atomic E-state index is 0.233. The number of amides is 2. The van der Waals surface area contributed by atoms with Crippen LogP contribution in [0.5, 0.6) is 0 Å². The Kier molecular flexibility index (Phi) is 5.23. The molecule has 2 aromatic carbocycles. The lowest BCUT2D eigenvalue weighted by molar-refractivity contribution is 0.251. The molecule has 0 fully saturated rings. The summed E-state index contributed by atoms with van der Waals surface area (Å²) in [5.74, 6) is 0.352. The average molecular weight is 303 g/mol. The van der Waals surface area contributed by atoms with E-state index in [-0.39, 0.29) is 6.03 Å². The molecule has 3 nitrogen and oxygen atoms in total. The van der Waals surface area contributed by atoms with Crippen molar-refractivity contribution in [3.63, 3.8) is 0 Å². The van der Waals surface area contributed by atoms with Crippen LogP contribution in [0.2, 0.25) is 5.02 Å². The lowest BCUT2D eigenvalue weighted by atomic mass is 10.0. The number of hydrogen-bond donors (Lipinski definition) is 2. The van der Waals surface area contributed by atoms with E-state index in [1.54, 1.807) is 0 Å². The molecule has 0 radical (unpaired) electrons. The zero-order valence-corrected chi connectivity index (χ0v) is 12.9. The third kappa shape index (κ3) is 4.23. The lowest BCUT2D eigenvalue weighted by Crippen LogP contribution is -2.28. The highest BCUT2D eigenvalue weighted by molar-refractivity contribution is 6.31. The minimum atomic E-state index is -0.233. The molecule has 0 aliphatic rings. The van der Waals surface area contributed by atoms with Gasteiger partial charge < -0.3 is 10.6 Å². The zero-order valence-electron chi connectivity index (χ0n) is 12.2. The van der Waals surface area contributed by atoms with Gasteiger partial charge in [0.1, 0.15) is 0 Å². The van der Waals surface area contributed by atoms with Gasteiger partial charge in [-0.15, -0.1) is 0 Å². The molecular weight excluding hydrogens is 284 g/mol. The summed E-state index contributed by atoms with van der Waals surface area (Å²) in [7, 11) is 0. The number of para-hydroxylation sites is 1. The monoisotopic (exact) mass is 302 g/mol. The lowest BCUT2D eigenvalue weighted by Gasteiger charge is -2.14. The van der Waals surface area contributed by atoms with Crippen LogP contribution in [0.25, 0.3) is 0 Å². The molecular formula is C17H19ClN2O. The SMILES string of the molecule is CC(C)c1ccccc1NC(=O)NCc1ccccc1Cl. The Morgan fingerprint density at radius 3 is 2.48 bits per heavy atom. The number of benzene rings is 2. The van der Waals surface area contributed by atoms with Gasteiger partial charge in [0.15, 0.2) is 0 Å². The first-order valence-corrected chi connectivity index (χ1v) is 7.33. The van der Waals surface area contributed by atoms with Crippen LogP contribution in [0.3, 0.4) is 0 Å². The van der Waals surface area contributed by atoms with Crippen molar-refractivity contribution in [1.29, 1.82) is 0 Å². The predicted octanol–water partition coefficient (Wildman–Crippen LogP) is 4.79. The maximum absolute atomic E-state index is 12.0. The molecule has 0 unspecified atom stereocenters. The summed E-state index contributed by atoms with van der Waals surface area (Å²) in [4.78, 5) is 12.0. The van der Waals surface area contributed by atoms with Gasteiger partial charge in [-0.2, -0.15) is 0 Å². The normalized spacial score (nSPS) is 10.5. The Balaban J connectivity index is 1.98. The van der Waals surface area contributed by atoms with Gasteiger partial charge in [0.05, 0.1) is 0 Å². The van der Waals surface area contributed by atoms with Crippen LogP contribution in [0.15, 0.2) is 48.5 Å². The molecule has 110 valence electrons. The highest BCUT2D eigenvalue weighted by Gasteiger charge is 2.09. The van der Waals surface area contributed by atoms with Gasteiger partial charge in [-0.25, -0.2) is 4.79 Å². The van der Waals surface area contributed by atoms with Gasteiger partial charge in [0, 0.05) is 17.3 Å². The molecule has 0 heterocycles. The number of carbonyl (C=O) groups is 1. The Hall–Kier alpha value is -2.00. The first-order chi connectivity index (χ1) is 10.1. The van der Waals surface area contributed by atoms with Gasteiger partial charge in [0.2, 0.25) is 0 Å². The van der Waals surface area contributed by atoms with Crippen LogP contribution in [-0.2, 0) is 6.54 Å². The van der Waals surface area contributed by atoms with Crippen LogP contribution < -0.4 is 10.6 Å². The fourth-order valence-electron chi connectivity index (χ4n) is 2.10. The van der Waals surface area contributed by atoms with Gasteiger partial charge in [-0.3, -0.25) is 0 Å². The Morgan fingerprint density at radius 1 is 1.10 bits per heavy atom. The van der Waals surface area contributed by atoms with Crippen molar-refractivity contribution in [2.24, 2.45) is 0 Å². The van der Waals surface area contributed by atoms with Gasteiger partial charge in [-0.05, 0) is 29.2 Å². The van der Waals surface area contributed by atoms with Gasteiger partial charge in [0.25, 0.3) is 0 Å². The van der Waals surface area contributed by atoms with Crippen molar-refractivity contribution in [1.82, 2.24) is 5.32 Å². The molecule has 21 heavy (non-hydrogen) atoms. The fraction of sp³-hybridized carbons (Fsp3) is 0.235. The van der Waals surface area contributed by atoms with Crippen LogP contribution in [0.1, 0.15) is 30.9 Å². The molecule has 0 aromatic heterocycles. The molecule has 2 aromatic rings. The van der Waals surface area contributed by atoms with E-state index in [1.165, 1.54) is 0 Å². The van der Waals surface area contributed by atoms with Crippen LogP contribution >= 0.6 is 11.6 Å². The van der Waals surface area contributed by atoms with E-state index in [4.69, 9.17) is 11.6 Å². The first kappa shape index (κ1) is 15.4.